The van der Waals surface area contributed by atoms with E-state index in [0.717, 1.165) is 4.88 Å². The smallest absolute Gasteiger partial charge is 0.339 e. The number of anilines is 1. The molecule has 1 amide bonds. The van der Waals surface area contributed by atoms with Crippen LogP contribution in [0.5, 0.6) is 0 Å². The highest BCUT2D eigenvalue weighted by atomic mass is 32.1. The third-order valence-electron chi connectivity index (χ3n) is 2.88. The molecule has 0 aliphatic rings. The zero-order valence-electron chi connectivity index (χ0n) is 12.7. The van der Waals surface area contributed by atoms with Gasteiger partial charge in [-0.2, -0.15) is 0 Å². The SMILES string of the molecule is COC(=O)c1ccccc1NC(=O)CO/N=C(\C)c1cccs1. The van der Waals surface area contributed by atoms with Gasteiger partial charge in [0, 0.05) is 0 Å². The van der Waals surface area contributed by atoms with Gasteiger partial charge in [-0.05, 0) is 30.5 Å². The van der Waals surface area contributed by atoms with Crippen molar-refractivity contribution in [2.45, 2.75) is 6.92 Å². The maximum atomic E-state index is 11.9. The predicted octanol–water partition coefficient (Wildman–Crippen LogP) is 2.91. The molecule has 1 heterocycles. The van der Waals surface area contributed by atoms with Crippen LogP contribution in [0.2, 0.25) is 0 Å². The maximum Gasteiger partial charge on any atom is 0.339 e. The number of rotatable bonds is 6. The van der Waals surface area contributed by atoms with Crippen molar-refractivity contribution in [3.05, 3.63) is 52.2 Å². The monoisotopic (exact) mass is 332 g/mol. The van der Waals surface area contributed by atoms with E-state index in [-0.39, 0.29) is 12.2 Å². The van der Waals surface area contributed by atoms with E-state index in [9.17, 15) is 9.59 Å². The van der Waals surface area contributed by atoms with Crippen LogP contribution in [-0.2, 0) is 14.4 Å². The lowest BCUT2D eigenvalue weighted by atomic mass is 10.2. The number of oxime groups is 1. The van der Waals surface area contributed by atoms with Crippen molar-refractivity contribution in [2.24, 2.45) is 5.16 Å². The Bertz CT molecular complexity index is 711. The molecule has 0 fully saturated rings. The molecule has 2 aromatic rings. The predicted molar refractivity (Wildman–Crippen MR) is 88.9 cm³/mol. The number of methoxy groups -OCH3 is 1. The molecule has 0 unspecified atom stereocenters. The highest BCUT2D eigenvalue weighted by Crippen LogP contribution is 2.16. The molecule has 1 aromatic heterocycles. The van der Waals surface area contributed by atoms with Crippen LogP contribution in [0.1, 0.15) is 22.2 Å². The van der Waals surface area contributed by atoms with Crippen molar-refractivity contribution >= 4 is 34.6 Å². The van der Waals surface area contributed by atoms with Gasteiger partial charge in [0.2, 0.25) is 0 Å². The lowest BCUT2D eigenvalue weighted by Crippen LogP contribution is -2.19. The van der Waals surface area contributed by atoms with Gasteiger partial charge >= 0.3 is 5.97 Å². The fourth-order valence-corrected chi connectivity index (χ4v) is 2.45. The van der Waals surface area contributed by atoms with Crippen LogP contribution in [0.15, 0.2) is 46.9 Å². The van der Waals surface area contributed by atoms with Gasteiger partial charge in [0.1, 0.15) is 0 Å². The minimum atomic E-state index is -0.520. The van der Waals surface area contributed by atoms with Crippen LogP contribution in [0.3, 0.4) is 0 Å². The van der Waals surface area contributed by atoms with E-state index >= 15 is 0 Å². The van der Waals surface area contributed by atoms with Gasteiger partial charge in [-0.25, -0.2) is 4.79 Å². The van der Waals surface area contributed by atoms with Crippen LogP contribution >= 0.6 is 11.3 Å². The fraction of sp³-hybridized carbons (Fsp3) is 0.188. The summed E-state index contributed by atoms with van der Waals surface area (Å²) in [6.45, 7) is 1.55. The average Bonchev–Trinajstić information content (AvgIpc) is 3.09. The Kier molecular flexibility index (Phi) is 5.87. The summed E-state index contributed by atoms with van der Waals surface area (Å²) < 4.78 is 4.67. The number of thiophene rings is 1. The molecule has 0 saturated carbocycles. The molecule has 2 rings (SSSR count). The summed E-state index contributed by atoms with van der Waals surface area (Å²) >= 11 is 1.54. The normalized spacial score (nSPS) is 11.0. The molecular weight excluding hydrogens is 316 g/mol. The number of para-hydroxylation sites is 1. The Morgan fingerprint density at radius 3 is 2.70 bits per heavy atom. The second-order valence-corrected chi connectivity index (χ2v) is 5.46. The van der Waals surface area contributed by atoms with Gasteiger partial charge in [0.05, 0.1) is 28.9 Å². The van der Waals surface area contributed by atoms with Crippen molar-refractivity contribution in [2.75, 3.05) is 19.0 Å². The Morgan fingerprint density at radius 1 is 1.22 bits per heavy atom. The number of nitrogens with zero attached hydrogens (tertiary/aromatic N) is 1. The van der Waals surface area contributed by atoms with E-state index in [4.69, 9.17) is 4.84 Å². The number of esters is 1. The molecule has 1 N–H and O–H groups in total. The molecule has 0 atom stereocenters. The van der Waals surface area contributed by atoms with Crippen LogP contribution in [0.25, 0.3) is 0 Å². The number of nitrogens with one attached hydrogen (secondary N) is 1. The van der Waals surface area contributed by atoms with E-state index in [2.05, 4.69) is 15.2 Å². The zero-order chi connectivity index (χ0) is 16.7. The molecule has 0 radical (unpaired) electrons. The Labute approximate surface area is 137 Å². The number of amides is 1. The van der Waals surface area contributed by atoms with E-state index in [0.29, 0.717) is 11.4 Å². The van der Waals surface area contributed by atoms with E-state index in [1.165, 1.54) is 18.4 Å². The molecule has 23 heavy (non-hydrogen) atoms. The standard InChI is InChI=1S/C16H16N2O4S/c1-11(14-8-5-9-23-14)18-22-10-15(19)17-13-7-4-3-6-12(13)16(20)21-2/h3-9H,10H2,1-2H3,(H,17,19)/b18-11+. The van der Waals surface area contributed by atoms with Crippen molar-refractivity contribution < 1.29 is 19.2 Å². The third kappa shape index (κ3) is 4.65. The summed E-state index contributed by atoms with van der Waals surface area (Å²) in [5, 5.41) is 8.43. The summed E-state index contributed by atoms with van der Waals surface area (Å²) in [7, 11) is 1.28. The van der Waals surface area contributed by atoms with Gasteiger partial charge < -0.3 is 14.9 Å². The number of hydrogen-bond donors (Lipinski definition) is 1. The van der Waals surface area contributed by atoms with Crippen molar-refractivity contribution in [1.82, 2.24) is 0 Å². The molecule has 0 bridgehead atoms. The minimum Gasteiger partial charge on any atom is -0.465 e. The minimum absolute atomic E-state index is 0.252. The number of ether oxygens (including phenoxy) is 1. The first-order valence-corrected chi connectivity index (χ1v) is 7.67. The number of carbonyl (C=O) groups is 2. The second-order valence-electron chi connectivity index (χ2n) is 4.51. The van der Waals surface area contributed by atoms with E-state index in [1.807, 2.05) is 17.5 Å². The van der Waals surface area contributed by atoms with E-state index < -0.39 is 11.9 Å². The first kappa shape index (κ1) is 16.7. The average molecular weight is 332 g/mol. The number of carbonyl (C=O) groups excluding carboxylic acids is 2. The molecule has 0 spiro atoms. The van der Waals surface area contributed by atoms with Gasteiger partial charge in [-0.15, -0.1) is 11.3 Å². The molecular formula is C16H16N2O4S. The zero-order valence-corrected chi connectivity index (χ0v) is 13.6. The first-order chi connectivity index (χ1) is 11.1. The molecule has 1 aromatic carbocycles. The molecule has 6 nitrogen and oxygen atoms in total. The maximum absolute atomic E-state index is 11.9. The topological polar surface area (TPSA) is 77.0 Å². The molecule has 0 saturated heterocycles. The molecule has 7 heteroatoms. The third-order valence-corrected chi connectivity index (χ3v) is 3.86. The second kappa shape index (κ2) is 8.09. The highest BCUT2D eigenvalue weighted by Gasteiger charge is 2.13. The number of hydrogen-bond acceptors (Lipinski definition) is 6. The van der Waals surface area contributed by atoms with Crippen molar-refractivity contribution in [3.63, 3.8) is 0 Å². The van der Waals surface area contributed by atoms with Crippen LogP contribution in [0, 0.1) is 0 Å². The summed E-state index contributed by atoms with van der Waals surface area (Å²) in [5.41, 5.74) is 1.34. The summed E-state index contributed by atoms with van der Waals surface area (Å²) in [4.78, 5) is 29.5. The Morgan fingerprint density at radius 2 is 2.00 bits per heavy atom. The molecule has 0 aliphatic carbocycles. The van der Waals surface area contributed by atoms with Crippen LogP contribution < -0.4 is 5.32 Å². The van der Waals surface area contributed by atoms with Crippen LogP contribution in [-0.4, -0.2) is 31.3 Å². The quantitative estimate of drug-likeness (QED) is 0.501. The van der Waals surface area contributed by atoms with E-state index in [1.54, 1.807) is 31.2 Å². The van der Waals surface area contributed by atoms with Gasteiger partial charge in [-0.3, -0.25) is 4.79 Å². The summed E-state index contributed by atoms with van der Waals surface area (Å²) in [6, 6.07) is 10.4. The largest absolute Gasteiger partial charge is 0.465 e. The Hall–Kier alpha value is -2.67. The summed E-state index contributed by atoms with van der Waals surface area (Å²) in [5.74, 6) is -0.933. The lowest BCUT2D eigenvalue weighted by Gasteiger charge is -2.09. The van der Waals surface area contributed by atoms with Crippen LogP contribution in [0.4, 0.5) is 5.69 Å². The highest BCUT2D eigenvalue weighted by molar-refractivity contribution is 7.12. The van der Waals surface area contributed by atoms with Gasteiger partial charge in [-0.1, -0.05) is 23.4 Å². The van der Waals surface area contributed by atoms with Gasteiger partial charge in [0.15, 0.2) is 6.61 Å². The first-order valence-electron chi connectivity index (χ1n) is 6.79. The number of benzene rings is 1. The van der Waals surface area contributed by atoms with Crippen molar-refractivity contribution in [3.8, 4) is 0 Å². The van der Waals surface area contributed by atoms with Crippen molar-refractivity contribution in [1.29, 1.82) is 0 Å². The summed E-state index contributed by atoms with van der Waals surface area (Å²) in [6.07, 6.45) is 0. The molecule has 120 valence electrons. The fourth-order valence-electron chi connectivity index (χ4n) is 1.78. The Balaban J connectivity index is 1.93. The lowest BCUT2D eigenvalue weighted by molar-refractivity contribution is -0.120. The van der Waals surface area contributed by atoms with Gasteiger partial charge in [0.25, 0.3) is 5.91 Å². The molecule has 0 aliphatic heterocycles.